The van der Waals surface area contributed by atoms with Crippen LogP contribution in [0.15, 0.2) is 86.0 Å². The van der Waals surface area contributed by atoms with Gasteiger partial charge < -0.3 is 14.2 Å². The summed E-state index contributed by atoms with van der Waals surface area (Å²) in [5.74, 6) is -0.389. The Bertz CT molecular complexity index is 742. The fourth-order valence-electron chi connectivity index (χ4n) is 2.47. The van der Waals surface area contributed by atoms with Gasteiger partial charge in [-0.05, 0) is 31.0 Å². The summed E-state index contributed by atoms with van der Waals surface area (Å²) in [6.07, 6.45) is 3.96. The van der Waals surface area contributed by atoms with Crippen molar-refractivity contribution in [2.75, 3.05) is 13.2 Å². The predicted molar refractivity (Wildman–Crippen MR) is 111 cm³/mol. The van der Waals surface area contributed by atoms with Gasteiger partial charge in [0, 0.05) is 0 Å². The minimum Gasteiger partial charge on any atom is -0.459 e. The summed E-state index contributed by atoms with van der Waals surface area (Å²) in [6, 6.07) is 18.8. The largest absolute Gasteiger partial charge is 0.459 e. The number of ether oxygens (including phenoxy) is 3. The van der Waals surface area contributed by atoms with Crippen molar-refractivity contribution in [3.05, 3.63) is 97.1 Å². The average molecular weight is 380 g/mol. The van der Waals surface area contributed by atoms with Crippen LogP contribution in [0.3, 0.4) is 0 Å². The van der Waals surface area contributed by atoms with E-state index in [1.165, 1.54) is 0 Å². The Kier molecular flexibility index (Phi) is 8.66. The Morgan fingerprint density at radius 2 is 1.71 bits per heavy atom. The van der Waals surface area contributed by atoms with Gasteiger partial charge in [0.1, 0.15) is 12.2 Å². The molecule has 148 valence electrons. The molecule has 0 N–H and O–H groups in total. The van der Waals surface area contributed by atoms with E-state index in [2.05, 4.69) is 13.2 Å². The van der Waals surface area contributed by atoms with Crippen molar-refractivity contribution in [1.29, 1.82) is 0 Å². The van der Waals surface area contributed by atoms with Crippen LogP contribution in [0.1, 0.15) is 29.3 Å². The van der Waals surface area contributed by atoms with Gasteiger partial charge in [0.15, 0.2) is 0 Å². The minimum atomic E-state index is -0.806. The number of carbonyl (C=O) groups is 1. The summed E-state index contributed by atoms with van der Waals surface area (Å²) in [5, 5.41) is 0. The number of hydrogen-bond acceptors (Lipinski definition) is 4. The quantitative estimate of drug-likeness (QED) is 0.385. The van der Waals surface area contributed by atoms with E-state index in [-0.39, 0.29) is 18.7 Å². The van der Waals surface area contributed by atoms with Gasteiger partial charge in [0.2, 0.25) is 0 Å². The standard InChI is InChI=1S/C24H28O4/c1-4-12-22(26-17-20-13-8-6-9-14-20)18-28-24(3,5-2)19-27-23(25)21-15-10-7-11-16-21/h4-11,13-16,22H,1-2,12,17-19H2,3H3/t22-,24?/m1/s1. The van der Waals surface area contributed by atoms with E-state index >= 15 is 0 Å². The summed E-state index contributed by atoms with van der Waals surface area (Å²) >= 11 is 0. The van der Waals surface area contributed by atoms with Gasteiger partial charge in [-0.15, -0.1) is 13.2 Å². The molecule has 2 aromatic rings. The summed E-state index contributed by atoms with van der Waals surface area (Å²) < 4.78 is 17.4. The van der Waals surface area contributed by atoms with Gasteiger partial charge in [-0.1, -0.05) is 60.7 Å². The van der Waals surface area contributed by atoms with Crippen molar-refractivity contribution in [3.63, 3.8) is 0 Å². The Morgan fingerprint density at radius 1 is 1.07 bits per heavy atom. The summed E-state index contributed by atoms with van der Waals surface area (Å²) in [6.45, 7) is 10.4. The summed E-state index contributed by atoms with van der Waals surface area (Å²) in [7, 11) is 0. The van der Waals surface area contributed by atoms with Crippen LogP contribution in [0.2, 0.25) is 0 Å². The highest BCUT2D eigenvalue weighted by molar-refractivity contribution is 5.89. The minimum absolute atomic E-state index is 0.0731. The van der Waals surface area contributed by atoms with E-state index < -0.39 is 5.60 Å². The molecule has 0 fully saturated rings. The summed E-state index contributed by atoms with van der Waals surface area (Å²) in [5.41, 5.74) is 0.796. The number of hydrogen-bond donors (Lipinski definition) is 0. The average Bonchev–Trinajstić information content (AvgIpc) is 2.75. The van der Waals surface area contributed by atoms with Crippen LogP contribution in [0.4, 0.5) is 0 Å². The molecule has 28 heavy (non-hydrogen) atoms. The molecule has 0 aromatic heterocycles. The first kappa shape index (κ1) is 21.6. The summed E-state index contributed by atoms with van der Waals surface area (Å²) in [4.78, 5) is 12.2. The third kappa shape index (κ3) is 7.14. The van der Waals surface area contributed by atoms with Crippen molar-refractivity contribution in [2.45, 2.75) is 31.7 Å². The van der Waals surface area contributed by atoms with Gasteiger partial charge >= 0.3 is 5.97 Å². The highest BCUT2D eigenvalue weighted by atomic mass is 16.6. The Hall–Kier alpha value is -2.69. The first-order chi connectivity index (χ1) is 13.6. The third-order valence-electron chi connectivity index (χ3n) is 4.29. The van der Waals surface area contributed by atoms with Crippen LogP contribution >= 0.6 is 0 Å². The monoisotopic (exact) mass is 380 g/mol. The molecule has 1 unspecified atom stereocenters. The fourth-order valence-corrected chi connectivity index (χ4v) is 2.47. The zero-order chi connectivity index (χ0) is 20.2. The first-order valence-electron chi connectivity index (χ1n) is 9.32. The molecule has 0 heterocycles. The molecule has 0 amide bonds. The van der Waals surface area contributed by atoms with Gasteiger partial charge in [0.05, 0.1) is 24.9 Å². The van der Waals surface area contributed by atoms with Crippen LogP contribution in [0, 0.1) is 0 Å². The number of rotatable bonds is 12. The molecule has 2 aromatic carbocycles. The normalized spacial score (nSPS) is 13.9. The van der Waals surface area contributed by atoms with Crippen LogP contribution in [-0.2, 0) is 20.8 Å². The molecule has 0 saturated carbocycles. The van der Waals surface area contributed by atoms with E-state index in [1.54, 1.807) is 36.4 Å². The molecular formula is C24H28O4. The van der Waals surface area contributed by atoms with E-state index in [4.69, 9.17) is 14.2 Å². The van der Waals surface area contributed by atoms with Crippen molar-refractivity contribution in [2.24, 2.45) is 0 Å². The molecule has 0 aliphatic heterocycles. The van der Waals surface area contributed by atoms with E-state index in [9.17, 15) is 4.79 Å². The predicted octanol–water partition coefficient (Wildman–Crippen LogP) is 4.97. The van der Waals surface area contributed by atoms with Gasteiger partial charge in [-0.25, -0.2) is 4.79 Å². The van der Waals surface area contributed by atoms with Crippen molar-refractivity contribution >= 4 is 5.97 Å². The Morgan fingerprint density at radius 3 is 2.32 bits per heavy atom. The second kappa shape index (κ2) is 11.2. The van der Waals surface area contributed by atoms with Crippen LogP contribution in [0.25, 0.3) is 0 Å². The second-order valence-electron chi connectivity index (χ2n) is 6.71. The van der Waals surface area contributed by atoms with Crippen molar-refractivity contribution < 1.29 is 19.0 Å². The van der Waals surface area contributed by atoms with Crippen LogP contribution < -0.4 is 0 Å². The molecule has 0 aliphatic rings. The molecule has 0 bridgehead atoms. The van der Waals surface area contributed by atoms with Crippen molar-refractivity contribution in [3.8, 4) is 0 Å². The zero-order valence-electron chi connectivity index (χ0n) is 16.4. The molecule has 4 nitrogen and oxygen atoms in total. The van der Waals surface area contributed by atoms with Crippen LogP contribution in [0.5, 0.6) is 0 Å². The highest BCUT2D eigenvalue weighted by Crippen LogP contribution is 2.17. The molecular weight excluding hydrogens is 352 g/mol. The maximum absolute atomic E-state index is 12.2. The molecule has 2 atom stereocenters. The lowest BCUT2D eigenvalue weighted by molar-refractivity contribution is -0.0908. The molecule has 0 saturated heterocycles. The Labute approximate surface area is 167 Å². The van der Waals surface area contributed by atoms with Gasteiger partial charge in [-0.2, -0.15) is 0 Å². The first-order valence-corrected chi connectivity index (χ1v) is 9.32. The third-order valence-corrected chi connectivity index (χ3v) is 4.29. The molecule has 2 rings (SSSR count). The van der Waals surface area contributed by atoms with Crippen LogP contribution in [-0.4, -0.2) is 30.9 Å². The number of carbonyl (C=O) groups excluding carboxylic acids is 1. The lowest BCUT2D eigenvalue weighted by Gasteiger charge is -2.28. The number of benzene rings is 2. The molecule has 4 heteroatoms. The maximum Gasteiger partial charge on any atom is 0.338 e. The van der Waals surface area contributed by atoms with E-state index in [0.717, 1.165) is 5.56 Å². The van der Waals surface area contributed by atoms with E-state index in [1.807, 2.05) is 43.3 Å². The SMILES string of the molecule is C=CC[C@H](COC(C)(C=C)COC(=O)c1ccccc1)OCc1ccccc1. The highest BCUT2D eigenvalue weighted by Gasteiger charge is 2.25. The molecule has 0 radical (unpaired) electrons. The number of esters is 1. The molecule has 0 spiro atoms. The van der Waals surface area contributed by atoms with Gasteiger partial charge in [0.25, 0.3) is 0 Å². The smallest absolute Gasteiger partial charge is 0.338 e. The molecule has 0 aliphatic carbocycles. The maximum atomic E-state index is 12.2. The van der Waals surface area contributed by atoms with Crippen molar-refractivity contribution in [1.82, 2.24) is 0 Å². The fraction of sp³-hybridized carbons (Fsp3) is 0.292. The second-order valence-corrected chi connectivity index (χ2v) is 6.71. The van der Waals surface area contributed by atoms with Gasteiger partial charge in [-0.3, -0.25) is 0 Å². The zero-order valence-corrected chi connectivity index (χ0v) is 16.4. The topological polar surface area (TPSA) is 44.8 Å². The lowest BCUT2D eigenvalue weighted by Crippen LogP contribution is -2.36. The lowest BCUT2D eigenvalue weighted by atomic mass is 10.1. The Balaban J connectivity index is 1.86. The van der Waals surface area contributed by atoms with E-state index in [0.29, 0.717) is 25.2 Å².